The number of rotatable bonds is 7. The standard InChI is InChI=1S/C23H25N5O2S2/c1-5-21-16(4)26-23-24-14-25-28(23)22(21)31-19-10-8-18(9-11-19)27-32(29,30)20-12-6-17(7-13-20)15(2)3/h6-15,27H,5H2,1-4H3. The minimum absolute atomic E-state index is 0.244. The Balaban J connectivity index is 1.55. The number of nitrogens with one attached hydrogen (secondary N) is 1. The van der Waals surface area contributed by atoms with Crippen molar-refractivity contribution in [1.82, 2.24) is 19.6 Å². The fourth-order valence-corrected chi connectivity index (χ4v) is 5.60. The van der Waals surface area contributed by atoms with Crippen LogP contribution in [0.15, 0.2) is 69.7 Å². The van der Waals surface area contributed by atoms with Gasteiger partial charge in [0, 0.05) is 21.8 Å². The molecule has 0 amide bonds. The summed E-state index contributed by atoms with van der Waals surface area (Å²) in [6.45, 7) is 8.21. The van der Waals surface area contributed by atoms with Crippen LogP contribution in [0.4, 0.5) is 5.69 Å². The number of hydrogen-bond acceptors (Lipinski definition) is 6. The average molecular weight is 468 g/mol. The van der Waals surface area contributed by atoms with E-state index in [0.717, 1.165) is 33.2 Å². The predicted octanol–water partition coefficient (Wildman–Crippen LogP) is 5.07. The molecule has 0 saturated carbocycles. The van der Waals surface area contributed by atoms with Crippen molar-refractivity contribution in [1.29, 1.82) is 0 Å². The highest BCUT2D eigenvalue weighted by Gasteiger charge is 2.16. The lowest BCUT2D eigenvalue weighted by Gasteiger charge is -2.13. The van der Waals surface area contributed by atoms with E-state index in [-0.39, 0.29) is 4.90 Å². The summed E-state index contributed by atoms with van der Waals surface area (Å²) in [4.78, 5) is 9.92. The molecule has 9 heteroatoms. The van der Waals surface area contributed by atoms with Crippen molar-refractivity contribution >= 4 is 33.3 Å². The van der Waals surface area contributed by atoms with E-state index in [1.54, 1.807) is 40.5 Å². The van der Waals surface area contributed by atoms with E-state index in [1.165, 1.54) is 6.33 Å². The number of sulfonamides is 1. The van der Waals surface area contributed by atoms with Gasteiger partial charge in [-0.05, 0) is 61.2 Å². The second-order valence-corrected chi connectivity index (χ2v) is 10.5. The minimum Gasteiger partial charge on any atom is -0.280 e. The first kappa shape index (κ1) is 22.3. The van der Waals surface area contributed by atoms with Crippen LogP contribution in [-0.2, 0) is 16.4 Å². The number of anilines is 1. The second kappa shape index (κ2) is 8.91. The summed E-state index contributed by atoms with van der Waals surface area (Å²) in [5.74, 6) is 0.913. The number of benzene rings is 2. The molecule has 0 fully saturated rings. The molecule has 7 nitrogen and oxygen atoms in total. The van der Waals surface area contributed by atoms with E-state index in [2.05, 4.69) is 40.6 Å². The Kier molecular flexibility index (Phi) is 6.21. The van der Waals surface area contributed by atoms with Crippen LogP contribution < -0.4 is 4.72 Å². The molecule has 2 aromatic heterocycles. The summed E-state index contributed by atoms with van der Waals surface area (Å²) in [7, 11) is -3.65. The molecular weight excluding hydrogens is 442 g/mol. The molecule has 4 rings (SSSR count). The van der Waals surface area contributed by atoms with E-state index in [0.29, 0.717) is 17.4 Å². The summed E-state index contributed by atoms with van der Waals surface area (Å²) in [5.41, 5.74) is 3.66. The van der Waals surface area contributed by atoms with Gasteiger partial charge in [0.05, 0.1) is 4.90 Å². The molecule has 0 saturated heterocycles. The maximum Gasteiger partial charge on any atom is 0.261 e. The number of nitrogens with zero attached hydrogens (tertiary/aromatic N) is 4. The molecule has 0 radical (unpaired) electrons. The number of aryl methyl sites for hydroxylation is 1. The molecule has 32 heavy (non-hydrogen) atoms. The molecule has 0 atom stereocenters. The summed E-state index contributed by atoms with van der Waals surface area (Å²) in [6, 6.07) is 14.3. The van der Waals surface area contributed by atoms with Crippen LogP contribution in [0.5, 0.6) is 0 Å². The van der Waals surface area contributed by atoms with Gasteiger partial charge in [0.1, 0.15) is 11.4 Å². The highest BCUT2D eigenvalue weighted by atomic mass is 32.2. The predicted molar refractivity (Wildman–Crippen MR) is 127 cm³/mol. The number of hydrogen-bond donors (Lipinski definition) is 1. The summed E-state index contributed by atoms with van der Waals surface area (Å²) < 4.78 is 29.9. The van der Waals surface area contributed by atoms with Gasteiger partial charge in [-0.25, -0.2) is 13.4 Å². The Labute approximate surface area is 192 Å². The monoisotopic (exact) mass is 467 g/mol. The zero-order chi connectivity index (χ0) is 22.9. The van der Waals surface area contributed by atoms with Gasteiger partial charge < -0.3 is 0 Å². The van der Waals surface area contributed by atoms with E-state index < -0.39 is 10.0 Å². The molecule has 166 valence electrons. The maximum absolute atomic E-state index is 12.8. The van der Waals surface area contributed by atoms with Crippen molar-refractivity contribution in [2.24, 2.45) is 0 Å². The van der Waals surface area contributed by atoms with E-state index in [4.69, 9.17) is 0 Å². The summed E-state index contributed by atoms with van der Waals surface area (Å²) >= 11 is 1.56. The molecule has 0 aliphatic heterocycles. The molecule has 0 aliphatic rings. The van der Waals surface area contributed by atoms with Gasteiger partial charge in [-0.2, -0.15) is 14.6 Å². The largest absolute Gasteiger partial charge is 0.280 e. The zero-order valence-electron chi connectivity index (χ0n) is 18.4. The molecule has 2 aromatic carbocycles. The van der Waals surface area contributed by atoms with Crippen molar-refractivity contribution in [3.8, 4) is 0 Å². The highest BCUT2D eigenvalue weighted by Crippen LogP contribution is 2.33. The third kappa shape index (κ3) is 4.49. The smallest absolute Gasteiger partial charge is 0.261 e. The van der Waals surface area contributed by atoms with Crippen molar-refractivity contribution in [3.63, 3.8) is 0 Å². The van der Waals surface area contributed by atoms with Crippen LogP contribution in [0.25, 0.3) is 5.78 Å². The van der Waals surface area contributed by atoms with Crippen LogP contribution in [0, 0.1) is 6.92 Å². The molecule has 0 unspecified atom stereocenters. The first-order valence-electron chi connectivity index (χ1n) is 10.4. The van der Waals surface area contributed by atoms with Crippen molar-refractivity contribution in [2.45, 2.75) is 54.9 Å². The quantitative estimate of drug-likeness (QED) is 0.382. The maximum atomic E-state index is 12.8. The van der Waals surface area contributed by atoms with E-state index in [9.17, 15) is 8.42 Å². The van der Waals surface area contributed by atoms with Crippen molar-refractivity contribution < 1.29 is 8.42 Å². The van der Waals surface area contributed by atoms with Crippen molar-refractivity contribution in [2.75, 3.05) is 4.72 Å². The fourth-order valence-electron chi connectivity index (χ4n) is 3.42. The van der Waals surface area contributed by atoms with Crippen LogP contribution in [0.1, 0.15) is 43.5 Å². The Bertz CT molecular complexity index is 1350. The third-order valence-electron chi connectivity index (χ3n) is 5.22. The van der Waals surface area contributed by atoms with Crippen LogP contribution in [0.2, 0.25) is 0 Å². The number of fused-ring (bicyclic) bond motifs is 1. The SMILES string of the molecule is CCc1c(C)nc2ncnn2c1Sc1ccc(NS(=O)(=O)c2ccc(C(C)C)cc2)cc1. The van der Waals surface area contributed by atoms with Gasteiger partial charge in [-0.1, -0.05) is 44.7 Å². The molecule has 2 heterocycles. The normalized spacial score (nSPS) is 11.9. The average Bonchev–Trinajstić information content (AvgIpc) is 3.23. The van der Waals surface area contributed by atoms with E-state index >= 15 is 0 Å². The Morgan fingerprint density at radius 3 is 2.38 bits per heavy atom. The first-order chi connectivity index (χ1) is 15.3. The molecular formula is C23H25N5O2S2. The lowest BCUT2D eigenvalue weighted by Crippen LogP contribution is -2.12. The van der Waals surface area contributed by atoms with Crippen LogP contribution in [-0.4, -0.2) is 28.0 Å². The molecule has 1 N–H and O–H groups in total. The van der Waals surface area contributed by atoms with Gasteiger partial charge in [0.25, 0.3) is 15.8 Å². The van der Waals surface area contributed by atoms with Gasteiger partial charge in [0.2, 0.25) is 0 Å². The van der Waals surface area contributed by atoms with Gasteiger partial charge in [-0.3, -0.25) is 4.72 Å². The van der Waals surface area contributed by atoms with Crippen LogP contribution >= 0.6 is 11.8 Å². The molecule has 0 spiro atoms. The Morgan fingerprint density at radius 2 is 1.75 bits per heavy atom. The highest BCUT2D eigenvalue weighted by molar-refractivity contribution is 7.99. The van der Waals surface area contributed by atoms with Crippen molar-refractivity contribution in [3.05, 3.63) is 71.7 Å². The molecule has 4 aromatic rings. The van der Waals surface area contributed by atoms with Crippen LogP contribution in [0.3, 0.4) is 0 Å². The summed E-state index contributed by atoms with van der Waals surface area (Å²) in [5, 5.41) is 5.28. The topological polar surface area (TPSA) is 89.2 Å². The van der Waals surface area contributed by atoms with Gasteiger partial charge in [0.15, 0.2) is 0 Å². The summed E-state index contributed by atoms with van der Waals surface area (Å²) in [6.07, 6.45) is 2.32. The lowest BCUT2D eigenvalue weighted by atomic mass is 10.0. The minimum atomic E-state index is -3.65. The molecule has 0 bridgehead atoms. The Hall–Kier alpha value is -2.91. The van der Waals surface area contributed by atoms with Gasteiger partial charge in [-0.15, -0.1) is 0 Å². The van der Waals surface area contributed by atoms with E-state index in [1.807, 2.05) is 31.2 Å². The third-order valence-corrected chi connectivity index (χ3v) is 7.73. The van der Waals surface area contributed by atoms with Gasteiger partial charge >= 0.3 is 0 Å². The lowest BCUT2D eigenvalue weighted by molar-refractivity contribution is 0.601. The molecule has 0 aliphatic carbocycles. The zero-order valence-corrected chi connectivity index (χ0v) is 20.0. The Morgan fingerprint density at radius 1 is 1.06 bits per heavy atom. The first-order valence-corrected chi connectivity index (χ1v) is 12.7. The number of aromatic nitrogens is 4. The second-order valence-electron chi connectivity index (χ2n) is 7.76. The fraction of sp³-hybridized carbons (Fsp3) is 0.261.